The van der Waals surface area contributed by atoms with Gasteiger partial charge in [0, 0.05) is 11.9 Å². The number of nitrogens with zero attached hydrogens (tertiary/aromatic N) is 1. The lowest BCUT2D eigenvalue weighted by molar-refractivity contribution is -0.141. The van der Waals surface area contributed by atoms with Crippen molar-refractivity contribution in [2.45, 2.75) is 12.8 Å². The Hall–Kier alpha value is -0.380. The number of carbonyl (C=O) groups excluding carboxylic acids is 2. The molecule has 0 aromatic carbocycles. The normalized spacial score (nSPS) is 32.6. The molecule has 66 valence electrons. The van der Waals surface area contributed by atoms with Gasteiger partial charge in [-0.05, 0) is 12.8 Å². The minimum absolute atomic E-state index is 0.0611. The van der Waals surface area contributed by atoms with E-state index in [4.69, 9.17) is 0 Å². The van der Waals surface area contributed by atoms with Gasteiger partial charge >= 0.3 is 0 Å². The van der Waals surface area contributed by atoms with Gasteiger partial charge in [-0.1, -0.05) is 15.9 Å². The first-order valence-electron chi connectivity index (χ1n) is 4.17. The molecule has 0 N–H and O–H groups in total. The predicted molar refractivity (Wildman–Crippen MR) is 46.7 cm³/mol. The summed E-state index contributed by atoms with van der Waals surface area (Å²) in [7, 11) is 0. The molecule has 1 saturated heterocycles. The molecule has 1 saturated carbocycles. The third-order valence-corrected chi connectivity index (χ3v) is 3.03. The summed E-state index contributed by atoms with van der Waals surface area (Å²) in [5, 5.41) is 0.847. The second kappa shape index (κ2) is 2.83. The van der Waals surface area contributed by atoms with Crippen LogP contribution in [0.5, 0.6) is 0 Å². The molecule has 3 nitrogen and oxygen atoms in total. The van der Waals surface area contributed by atoms with Crippen molar-refractivity contribution in [3.8, 4) is 0 Å². The highest BCUT2D eigenvalue weighted by Crippen LogP contribution is 2.46. The monoisotopic (exact) mass is 231 g/mol. The zero-order chi connectivity index (χ0) is 8.72. The fraction of sp³-hybridized carbons (Fsp3) is 0.750. The Morgan fingerprint density at radius 3 is 2.42 bits per heavy atom. The van der Waals surface area contributed by atoms with Crippen LogP contribution < -0.4 is 0 Å². The number of piperidine rings is 1. The quantitative estimate of drug-likeness (QED) is 0.532. The number of hydrogen-bond acceptors (Lipinski definition) is 2. The topological polar surface area (TPSA) is 37.4 Å². The molecular weight excluding hydrogens is 222 g/mol. The van der Waals surface area contributed by atoms with Gasteiger partial charge in [-0.3, -0.25) is 14.5 Å². The van der Waals surface area contributed by atoms with Gasteiger partial charge in [0.2, 0.25) is 11.8 Å². The molecule has 2 rings (SSSR count). The fourth-order valence-corrected chi connectivity index (χ4v) is 1.94. The molecule has 0 bridgehead atoms. The zero-order valence-corrected chi connectivity index (χ0v) is 8.21. The van der Waals surface area contributed by atoms with Crippen LogP contribution in [0.2, 0.25) is 0 Å². The summed E-state index contributed by atoms with van der Waals surface area (Å²) in [6.45, 7) is 0.593. The Bertz CT molecular complexity index is 221. The van der Waals surface area contributed by atoms with Crippen molar-refractivity contribution >= 4 is 27.7 Å². The van der Waals surface area contributed by atoms with Crippen LogP contribution >= 0.6 is 15.9 Å². The number of fused-ring (bicyclic) bond motifs is 1. The van der Waals surface area contributed by atoms with Crippen molar-refractivity contribution in [2.75, 3.05) is 11.9 Å². The summed E-state index contributed by atoms with van der Waals surface area (Å²) in [4.78, 5) is 24.1. The molecule has 1 aliphatic heterocycles. The summed E-state index contributed by atoms with van der Waals surface area (Å²) in [6, 6.07) is 0. The van der Waals surface area contributed by atoms with Crippen LogP contribution in [0.3, 0.4) is 0 Å². The number of rotatable bonds is 3. The number of alkyl halides is 1. The smallest absolute Gasteiger partial charge is 0.233 e. The van der Waals surface area contributed by atoms with Crippen LogP contribution in [-0.2, 0) is 9.59 Å². The van der Waals surface area contributed by atoms with E-state index in [-0.39, 0.29) is 23.7 Å². The average molecular weight is 232 g/mol. The maximum Gasteiger partial charge on any atom is 0.233 e. The molecule has 0 spiro atoms. The Balaban J connectivity index is 1.97. The molecule has 4 heteroatoms. The highest BCUT2D eigenvalue weighted by Gasteiger charge is 2.58. The highest BCUT2D eigenvalue weighted by atomic mass is 79.9. The number of likely N-dealkylation sites (tertiary alicyclic amines) is 1. The van der Waals surface area contributed by atoms with Crippen molar-refractivity contribution in [3.63, 3.8) is 0 Å². The van der Waals surface area contributed by atoms with Crippen molar-refractivity contribution < 1.29 is 9.59 Å². The number of carbonyl (C=O) groups is 2. The van der Waals surface area contributed by atoms with E-state index in [1.807, 2.05) is 0 Å². The number of imide groups is 1. The molecule has 0 aromatic heterocycles. The van der Waals surface area contributed by atoms with Gasteiger partial charge in [-0.25, -0.2) is 0 Å². The van der Waals surface area contributed by atoms with Crippen molar-refractivity contribution in [1.29, 1.82) is 0 Å². The molecule has 2 unspecified atom stereocenters. The van der Waals surface area contributed by atoms with Crippen LogP contribution in [0.4, 0.5) is 0 Å². The van der Waals surface area contributed by atoms with Crippen LogP contribution in [-0.4, -0.2) is 28.6 Å². The van der Waals surface area contributed by atoms with Crippen molar-refractivity contribution in [2.24, 2.45) is 11.8 Å². The maximum absolute atomic E-state index is 11.4. The molecule has 0 aromatic rings. The molecule has 2 fully saturated rings. The maximum atomic E-state index is 11.4. The van der Waals surface area contributed by atoms with Gasteiger partial charge in [0.15, 0.2) is 0 Å². The SMILES string of the molecule is O=C1C2CC2C(=O)N1CCCBr. The van der Waals surface area contributed by atoms with Gasteiger partial charge < -0.3 is 0 Å². The summed E-state index contributed by atoms with van der Waals surface area (Å²) >= 11 is 3.27. The lowest BCUT2D eigenvalue weighted by atomic mass is 10.4. The van der Waals surface area contributed by atoms with Crippen molar-refractivity contribution in [1.82, 2.24) is 4.90 Å². The molecule has 2 amide bonds. The lowest BCUT2D eigenvalue weighted by Gasteiger charge is -2.14. The van der Waals surface area contributed by atoms with Crippen LogP contribution in [0.1, 0.15) is 12.8 Å². The molecule has 1 heterocycles. The molecule has 0 radical (unpaired) electrons. The van der Waals surface area contributed by atoms with E-state index in [0.717, 1.165) is 18.2 Å². The van der Waals surface area contributed by atoms with Gasteiger partial charge in [-0.15, -0.1) is 0 Å². The first-order chi connectivity index (χ1) is 5.75. The van der Waals surface area contributed by atoms with E-state index in [9.17, 15) is 9.59 Å². The van der Waals surface area contributed by atoms with Gasteiger partial charge in [-0.2, -0.15) is 0 Å². The van der Waals surface area contributed by atoms with Crippen molar-refractivity contribution in [3.05, 3.63) is 0 Å². The van der Waals surface area contributed by atoms with E-state index in [2.05, 4.69) is 15.9 Å². The second-order valence-electron chi connectivity index (χ2n) is 3.32. The molecular formula is C8H10BrNO2. The Labute approximate surface area is 79.2 Å². The third kappa shape index (κ3) is 1.09. The Morgan fingerprint density at radius 2 is 1.92 bits per heavy atom. The lowest BCUT2D eigenvalue weighted by Crippen LogP contribution is -2.33. The zero-order valence-electron chi connectivity index (χ0n) is 6.62. The van der Waals surface area contributed by atoms with Crippen LogP contribution in [0.25, 0.3) is 0 Å². The number of halogens is 1. The average Bonchev–Trinajstić information content (AvgIpc) is 2.78. The van der Waals surface area contributed by atoms with Crippen LogP contribution in [0, 0.1) is 11.8 Å². The molecule has 2 aliphatic rings. The third-order valence-electron chi connectivity index (χ3n) is 2.47. The predicted octanol–water partition coefficient (Wildman–Crippen LogP) is 0.776. The van der Waals surface area contributed by atoms with Gasteiger partial charge in [0.25, 0.3) is 0 Å². The first-order valence-corrected chi connectivity index (χ1v) is 5.29. The second-order valence-corrected chi connectivity index (χ2v) is 4.11. The summed E-state index contributed by atoms with van der Waals surface area (Å²) in [5.41, 5.74) is 0. The summed E-state index contributed by atoms with van der Waals surface area (Å²) in [5.74, 6) is 0.248. The van der Waals surface area contributed by atoms with Crippen LogP contribution in [0.15, 0.2) is 0 Å². The number of hydrogen-bond donors (Lipinski definition) is 0. The standard InChI is InChI=1S/C8H10BrNO2/c9-2-1-3-10-7(11)5-4-6(5)8(10)12/h5-6H,1-4H2. The van der Waals surface area contributed by atoms with E-state index < -0.39 is 0 Å². The van der Waals surface area contributed by atoms with E-state index >= 15 is 0 Å². The largest absolute Gasteiger partial charge is 0.282 e. The van der Waals surface area contributed by atoms with Gasteiger partial charge in [0.05, 0.1) is 11.8 Å². The number of amides is 2. The molecule has 2 atom stereocenters. The highest BCUT2D eigenvalue weighted by molar-refractivity contribution is 9.09. The molecule has 1 aliphatic carbocycles. The van der Waals surface area contributed by atoms with E-state index in [0.29, 0.717) is 6.54 Å². The van der Waals surface area contributed by atoms with Gasteiger partial charge in [0.1, 0.15) is 0 Å². The fourth-order valence-electron chi connectivity index (χ4n) is 1.69. The first kappa shape index (κ1) is 8.23. The summed E-state index contributed by atoms with van der Waals surface area (Å²) in [6.07, 6.45) is 1.67. The van der Waals surface area contributed by atoms with E-state index in [1.54, 1.807) is 0 Å². The Morgan fingerprint density at radius 1 is 1.33 bits per heavy atom. The minimum atomic E-state index is 0.0611. The molecule has 12 heavy (non-hydrogen) atoms. The Kier molecular flexibility index (Phi) is 1.94. The minimum Gasteiger partial charge on any atom is -0.282 e. The summed E-state index contributed by atoms with van der Waals surface area (Å²) < 4.78 is 0. The van der Waals surface area contributed by atoms with E-state index in [1.165, 1.54) is 4.90 Å².